The van der Waals surface area contributed by atoms with Crippen molar-refractivity contribution >= 4 is 17.4 Å². The predicted molar refractivity (Wildman–Crippen MR) is 72.1 cm³/mol. The maximum atomic E-state index is 5.95. The molecule has 100 valence electrons. The number of aromatic nitrogens is 2. The molecule has 1 aromatic rings. The normalized spacial score (nSPS) is 20.9. The van der Waals surface area contributed by atoms with Gasteiger partial charge in [0.15, 0.2) is 0 Å². The fraction of sp³-hybridized carbons (Fsp3) is 0.667. The number of likely N-dealkylation sites (N-methyl/N-ethyl adjacent to an activating group) is 1. The second kappa shape index (κ2) is 6.31. The number of halogens is 1. The number of nitrogens with one attached hydrogen (secondary N) is 1. The van der Waals surface area contributed by atoms with E-state index in [0.717, 1.165) is 44.2 Å². The van der Waals surface area contributed by atoms with Crippen molar-refractivity contribution in [1.82, 2.24) is 14.9 Å². The predicted octanol–water partition coefficient (Wildman–Crippen LogP) is 1.57. The lowest BCUT2D eigenvalue weighted by Gasteiger charge is -2.32. The Bertz CT molecular complexity index is 402. The zero-order valence-electron chi connectivity index (χ0n) is 10.8. The number of ether oxygens (including phenoxy) is 1. The minimum Gasteiger partial charge on any atom is -0.374 e. The lowest BCUT2D eigenvalue weighted by Crippen LogP contribution is -2.45. The molecule has 1 saturated heterocycles. The summed E-state index contributed by atoms with van der Waals surface area (Å²) in [5.74, 6) is 0.784. The highest BCUT2D eigenvalue weighted by Crippen LogP contribution is 2.18. The van der Waals surface area contributed by atoms with E-state index in [4.69, 9.17) is 16.3 Å². The van der Waals surface area contributed by atoms with Gasteiger partial charge in [0.05, 0.1) is 12.7 Å². The van der Waals surface area contributed by atoms with Crippen molar-refractivity contribution in [2.75, 3.05) is 38.1 Å². The number of morpholine rings is 1. The number of rotatable bonds is 4. The Morgan fingerprint density at radius 3 is 3.17 bits per heavy atom. The first-order valence-corrected chi connectivity index (χ1v) is 6.63. The zero-order valence-corrected chi connectivity index (χ0v) is 11.6. The van der Waals surface area contributed by atoms with Crippen LogP contribution in [0.4, 0.5) is 5.82 Å². The standard InChI is InChI=1S/C12H19ClN4O/c1-3-17-4-5-18-10(7-17)6-14-12-9(2)11(13)15-8-16-12/h8,10H,3-7H2,1-2H3,(H,14,15,16). The molecule has 1 atom stereocenters. The highest BCUT2D eigenvalue weighted by atomic mass is 35.5. The van der Waals surface area contributed by atoms with E-state index in [2.05, 4.69) is 27.1 Å². The van der Waals surface area contributed by atoms with Gasteiger partial charge in [0, 0.05) is 25.2 Å². The molecule has 1 fully saturated rings. The van der Waals surface area contributed by atoms with Gasteiger partial charge in [-0.1, -0.05) is 18.5 Å². The minimum atomic E-state index is 0.201. The first kappa shape index (κ1) is 13.5. The van der Waals surface area contributed by atoms with Crippen LogP contribution in [0.2, 0.25) is 5.15 Å². The Morgan fingerprint density at radius 1 is 1.56 bits per heavy atom. The lowest BCUT2D eigenvalue weighted by molar-refractivity contribution is -0.0192. The molecule has 0 radical (unpaired) electrons. The highest BCUT2D eigenvalue weighted by molar-refractivity contribution is 6.30. The van der Waals surface area contributed by atoms with E-state index in [-0.39, 0.29) is 6.10 Å². The summed E-state index contributed by atoms with van der Waals surface area (Å²) in [6, 6.07) is 0. The zero-order chi connectivity index (χ0) is 13.0. The first-order chi connectivity index (χ1) is 8.70. The Labute approximate surface area is 113 Å². The molecule has 2 heterocycles. The Morgan fingerprint density at radius 2 is 2.39 bits per heavy atom. The smallest absolute Gasteiger partial charge is 0.137 e. The fourth-order valence-corrected chi connectivity index (χ4v) is 2.14. The minimum absolute atomic E-state index is 0.201. The van der Waals surface area contributed by atoms with Gasteiger partial charge in [0.25, 0.3) is 0 Å². The molecule has 2 rings (SSSR count). The summed E-state index contributed by atoms with van der Waals surface area (Å²) in [7, 11) is 0. The molecular formula is C12H19ClN4O. The maximum absolute atomic E-state index is 5.95. The highest BCUT2D eigenvalue weighted by Gasteiger charge is 2.19. The van der Waals surface area contributed by atoms with Crippen LogP contribution >= 0.6 is 11.6 Å². The van der Waals surface area contributed by atoms with Crippen molar-refractivity contribution in [3.05, 3.63) is 17.0 Å². The molecule has 0 aromatic carbocycles. The van der Waals surface area contributed by atoms with Gasteiger partial charge in [-0.2, -0.15) is 0 Å². The third-order valence-corrected chi connectivity index (χ3v) is 3.57. The van der Waals surface area contributed by atoms with Crippen LogP contribution in [0.15, 0.2) is 6.33 Å². The molecule has 0 saturated carbocycles. The molecule has 0 spiro atoms. The van der Waals surface area contributed by atoms with E-state index in [9.17, 15) is 0 Å². The van der Waals surface area contributed by atoms with Crippen LogP contribution in [0, 0.1) is 6.92 Å². The fourth-order valence-electron chi connectivity index (χ4n) is 2.01. The molecule has 18 heavy (non-hydrogen) atoms. The van der Waals surface area contributed by atoms with Crippen LogP contribution in [-0.4, -0.2) is 53.8 Å². The van der Waals surface area contributed by atoms with Crippen LogP contribution in [0.5, 0.6) is 0 Å². The van der Waals surface area contributed by atoms with Crippen LogP contribution < -0.4 is 5.32 Å². The largest absolute Gasteiger partial charge is 0.374 e. The van der Waals surface area contributed by atoms with Crippen molar-refractivity contribution in [1.29, 1.82) is 0 Å². The molecule has 1 unspecified atom stereocenters. The van der Waals surface area contributed by atoms with Crippen molar-refractivity contribution in [2.45, 2.75) is 20.0 Å². The van der Waals surface area contributed by atoms with E-state index in [1.807, 2.05) is 6.92 Å². The number of hydrogen-bond acceptors (Lipinski definition) is 5. The Balaban J connectivity index is 1.89. The molecule has 1 aliphatic heterocycles. The summed E-state index contributed by atoms with van der Waals surface area (Å²) in [6.45, 7) is 8.66. The topological polar surface area (TPSA) is 50.3 Å². The Kier molecular flexibility index (Phi) is 4.74. The first-order valence-electron chi connectivity index (χ1n) is 6.25. The van der Waals surface area contributed by atoms with Gasteiger partial charge in [-0.05, 0) is 13.5 Å². The van der Waals surface area contributed by atoms with Crippen molar-refractivity contribution in [2.24, 2.45) is 0 Å². The van der Waals surface area contributed by atoms with E-state index in [0.29, 0.717) is 5.15 Å². The van der Waals surface area contributed by atoms with Crippen LogP contribution in [0.25, 0.3) is 0 Å². The van der Waals surface area contributed by atoms with Gasteiger partial charge >= 0.3 is 0 Å². The summed E-state index contributed by atoms with van der Waals surface area (Å²) < 4.78 is 5.72. The summed E-state index contributed by atoms with van der Waals surface area (Å²) in [4.78, 5) is 10.5. The third kappa shape index (κ3) is 3.31. The van der Waals surface area contributed by atoms with E-state index < -0.39 is 0 Å². The molecule has 0 aliphatic carbocycles. The van der Waals surface area contributed by atoms with E-state index in [1.54, 1.807) is 0 Å². The summed E-state index contributed by atoms with van der Waals surface area (Å²) in [5.41, 5.74) is 0.877. The molecule has 0 amide bonds. The van der Waals surface area contributed by atoms with Crippen LogP contribution in [0.3, 0.4) is 0 Å². The molecule has 1 aliphatic rings. The molecule has 5 nitrogen and oxygen atoms in total. The second-order valence-corrected chi connectivity index (χ2v) is 4.76. The summed E-state index contributed by atoms with van der Waals surface area (Å²) >= 11 is 5.95. The number of anilines is 1. The van der Waals surface area contributed by atoms with Gasteiger partial charge < -0.3 is 10.1 Å². The molecule has 1 aromatic heterocycles. The van der Waals surface area contributed by atoms with Gasteiger partial charge in [-0.25, -0.2) is 9.97 Å². The molecular weight excluding hydrogens is 252 g/mol. The average Bonchev–Trinajstić information content (AvgIpc) is 2.41. The number of hydrogen-bond donors (Lipinski definition) is 1. The van der Waals surface area contributed by atoms with E-state index in [1.165, 1.54) is 6.33 Å². The second-order valence-electron chi connectivity index (χ2n) is 4.41. The maximum Gasteiger partial charge on any atom is 0.137 e. The van der Waals surface area contributed by atoms with Crippen molar-refractivity contribution in [3.63, 3.8) is 0 Å². The van der Waals surface area contributed by atoms with Gasteiger partial charge in [0.1, 0.15) is 17.3 Å². The summed E-state index contributed by atoms with van der Waals surface area (Å²) in [5, 5.41) is 3.77. The van der Waals surface area contributed by atoms with Crippen LogP contribution in [-0.2, 0) is 4.74 Å². The monoisotopic (exact) mass is 270 g/mol. The molecule has 6 heteroatoms. The van der Waals surface area contributed by atoms with Crippen LogP contribution in [0.1, 0.15) is 12.5 Å². The Hall–Kier alpha value is -0.910. The summed E-state index contributed by atoms with van der Waals surface area (Å²) in [6.07, 6.45) is 1.67. The molecule has 1 N–H and O–H groups in total. The molecule has 0 bridgehead atoms. The lowest BCUT2D eigenvalue weighted by atomic mass is 10.2. The third-order valence-electron chi connectivity index (χ3n) is 3.19. The van der Waals surface area contributed by atoms with Crippen molar-refractivity contribution in [3.8, 4) is 0 Å². The number of nitrogens with zero attached hydrogens (tertiary/aromatic N) is 3. The van der Waals surface area contributed by atoms with Gasteiger partial charge in [-0.15, -0.1) is 0 Å². The quantitative estimate of drug-likeness (QED) is 0.842. The SMILES string of the molecule is CCN1CCOC(CNc2ncnc(Cl)c2C)C1. The van der Waals surface area contributed by atoms with Gasteiger partial charge in [-0.3, -0.25) is 4.90 Å². The van der Waals surface area contributed by atoms with Gasteiger partial charge in [0.2, 0.25) is 0 Å². The van der Waals surface area contributed by atoms with E-state index >= 15 is 0 Å². The van der Waals surface area contributed by atoms with Crippen molar-refractivity contribution < 1.29 is 4.74 Å². The average molecular weight is 271 g/mol.